The lowest BCUT2D eigenvalue weighted by atomic mass is 9.74. The number of rotatable bonds is 5. The monoisotopic (exact) mass is 263 g/mol. The third-order valence-corrected chi connectivity index (χ3v) is 4.40. The highest BCUT2D eigenvalue weighted by molar-refractivity contribution is 5.29. The lowest BCUT2D eigenvalue weighted by Crippen LogP contribution is -2.39. The smallest absolute Gasteiger partial charge is 0.115 e. The summed E-state index contributed by atoms with van der Waals surface area (Å²) in [5.41, 5.74) is 1.15. The molecule has 0 heterocycles. The molecule has 3 nitrogen and oxygen atoms in total. The third-order valence-electron chi connectivity index (χ3n) is 4.40. The van der Waals surface area contributed by atoms with E-state index in [1.165, 1.54) is 19.3 Å². The van der Waals surface area contributed by atoms with Gasteiger partial charge in [-0.2, -0.15) is 0 Å². The molecule has 3 heteroatoms. The molecule has 3 N–H and O–H groups in total. The van der Waals surface area contributed by atoms with Gasteiger partial charge in [-0.25, -0.2) is 0 Å². The minimum atomic E-state index is 0.0589. The fraction of sp³-hybridized carbons (Fsp3) is 0.625. The summed E-state index contributed by atoms with van der Waals surface area (Å²) in [4.78, 5) is 0. The Morgan fingerprint density at radius 3 is 2.63 bits per heavy atom. The Balaban J connectivity index is 1.93. The molecular formula is C16H25NO2. The zero-order valence-corrected chi connectivity index (χ0v) is 11.7. The topological polar surface area (TPSA) is 52.5 Å². The molecule has 19 heavy (non-hydrogen) atoms. The van der Waals surface area contributed by atoms with Crippen molar-refractivity contribution in [3.05, 3.63) is 29.8 Å². The van der Waals surface area contributed by atoms with E-state index in [1.54, 1.807) is 12.1 Å². The highest BCUT2D eigenvalue weighted by Gasteiger charge is 2.31. The molecule has 0 bridgehead atoms. The molecule has 0 radical (unpaired) electrons. The van der Waals surface area contributed by atoms with Crippen LogP contribution < -0.4 is 5.32 Å². The van der Waals surface area contributed by atoms with Crippen LogP contribution in [-0.2, 0) is 0 Å². The van der Waals surface area contributed by atoms with E-state index in [1.807, 2.05) is 12.1 Å². The van der Waals surface area contributed by atoms with Crippen molar-refractivity contribution in [2.45, 2.75) is 45.1 Å². The normalized spacial score (nSPS) is 20.1. The van der Waals surface area contributed by atoms with Gasteiger partial charge in [0.25, 0.3) is 0 Å². The molecule has 106 valence electrons. The van der Waals surface area contributed by atoms with E-state index in [4.69, 9.17) is 0 Å². The first-order chi connectivity index (χ1) is 9.15. The average molecular weight is 263 g/mol. The maximum atomic E-state index is 9.69. The quantitative estimate of drug-likeness (QED) is 0.765. The van der Waals surface area contributed by atoms with Gasteiger partial charge in [-0.15, -0.1) is 0 Å². The van der Waals surface area contributed by atoms with E-state index >= 15 is 0 Å². The number of aliphatic hydroxyl groups is 1. The fourth-order valence-electron chi connectivity index (χ4n) is 2.97. The summed E-state index contributed by atoms with van der Waals surface area (Å²) in [6, 6.07) is 7.56. The first kappa shape index (κ1) is 14.4. The largest absolute Gasteiger partial charge is 0.508 e. The van der Waals surface area contributed by atoms with Gasteiger partial charge in [0.2, 0.25) is 0 Å². The Kier molecular flexibility index (Phi) is 4.83. The zero-order valence-electron chi connectivity index (χ0n) is 11.7. The fourth-order valence-corrected chi connectivity index (χ4v) is 2.97. The van der Waals surface area contributed by atoms with Crippen LogP contribution in [0.2, 0.25) is 0 Å². The van der Waals surface area contributed by atoms with Gasteiger partial charge in [-0.3, -0.25) is 0 Å². The number of hydrogen-bond acceptors (Lipinski definition) is 3. The summed E-state index contributed by atoms with van der Waals surface area (Å²) < 4.78 is 0. The number of hydrogen-bond donors (Lipinski definition) is 3. The first-order valence-corrected chi connectivity index (χ1v) is 7.28. The van der Waals surface area contributed by atoms with E-state index in [0.29, 0.717) is 5.75 Å². The van der Waals surface area contributed by atoms with E-state index in [-0.39, 0.29) is 18.1 Å². The molecule has 0 spiro atoms. The van der Waals surface area contributed by atoms with Crippen molar-refractivity contribution < 1.29 is 10.2 Å². The number of nitrogens with one attached hydrogen (secondary N) is 1. The van der Waals surface area contributed by atoms with Gasteiger partial charge < -0.3 is 15.5 Å². The highest BCUT2D eigenvalue weighted by Crippen LogP contribution is 2.35. The number of aromatic hydroxyl groups is 1. The van der Waals surface area contributed by atoms with Gasteiger partial charge in [0, 0.05) is 24.6 Å². The van der Waals surface area contributed by atoms with Crippen LogP contribution in [0.1, 0.15) is 50.6 Å². The molecule has 1 aliphatic rings. The SMILES string of the molecule is CC(NCC1(CO)CCCCC1)c1cccc(O)c1. The predicted octanol–water partition coefficient (Wildman–Crippen LogP) is 2.99. The Morgan fingerprint density at radius 2 is 2.00 bits per heavy atom. The van der Waals surface area contributed by atoms with E-state index in [9.17, 15) is 10.2 Å². The average Bonchev–Trinajstić information content (AvgIpc) is 2.46. The van der Waals surface area contributed by atoms with Crippen molar-refractivity contribution in [1.29, 1.82) is 0 Å². The van der Waals surface area contributed by atoms with E-state index < -0.39 is 0 Å². The molecule has 1 fully saturated rings. The Morgan fingerprint density at radius 1 is 1.26 bits per heavy atom. The number of benzene rings is 1. The lowest BCUT2D eigenvalue weighted by molar-refractivity contribution is 0.0789. The minimum absolute atomic E-state index is 0.0589. The van der Waals surface area contributed by atoms with Gasteiger partial charge in [-0.1, -0.05) is 31.4 Å². The van der Waals surface area contributed by atoms with E-state index in [0.717, 1.165) is 24.9 Å². The van der Waals surface area contributed by atoms with Gasteiger partial charge in [0.15, 0.2) is 0 Å². The van der Waals surface area contributed by atoms with Crippen LogP contribution in [0.4, 0.5) is 0 Å². The standard InChI is InChI=1S/C16H25NO2/c1-13(14-6-5-7-15(19)10-14)17-11-16(12-18)8-3-2-4-9-16/h5-7,10,13,17-19H,2-4,8-9,11-12H2,1H3. The summed E-state index contributed by atoms with van der Waals surface area (Å²) in [5.74, 6) is 0.306. The molecule has 1 unspecified atom stereocenters. The van der Waals surface area contributed by atoms with Crippen molar-refractivity contribution in [2.24, 2.45) is 5.41 Å². The van der Waals surface area contributed by atoms with Crippen molar-refractivity contribution in [1.82, 2.24) is 5.32 Å². The Labute approximate surface area is 115 Å². The summed E-state index contributed by atoms with van der Waals surface area (Å²) >= 11 is 0. The third kappa shape index (κ3) is 3.71. The Hall–Kier alpha value is -1.06. The molecule has 0 amide bonds. The van der Waals surface area contributed by atoms with Crippen LogP contribution in [-0.4, -0.2) is 23.4 Å². The minimum Gasteiger partial charge on any atom is -0.508 e. The molecule has 1 atom stereocenters. The van der Waals surface area contributed by atoms with Crippen LogP contribution in [0.3, 0.4) is 0 Å². The maximum Gasteiger partial charge on any atom is 0.115 e. The molecule has 0 aromatic heterocycles. The van der Waals surface area contributed by atoms with Gasteiger partial charge >= 0.3 is 0 Å². The van der Waals surface area contributed by atoms with Crippen LogP contribution >= 0.6 is 0 Å². The molecule has 1 saturated carbocycles. The zero-order chi connectivity index (χ0) is 13.7. The first-order valence-electron chi connectivity index (χ1n) is 7.28. The van der Waals surface area contributed by atoms with Crippen molar-refractivity contribution in [3.63, 3.8) is 0 Å². The van der Waals surface area contributed by atoms with E-state index in [2.05, 4.69) is 12.2 Å². The molecule has 1 aliphatic carbocycles. The highest BCUT2D eigenvalue weighted by atomic mass is 16.3. The number of phenolic OH excluding ortho intramolecular Hbond substituents is 1. The molecular weight excluding hydrogens is 238 g/mol. The van der Waals surface area contributed by atoms with Gasteiger partial charge in [-0.05, 0) is 37.5 Å². The van der Waals surface area contributed by atoms with Crippen LogP contribution in [0.5, 0.6) is 5.75 Å². The van der Waals surface area contributed by atoms with Crippen molar-refractivity contribution in [3.8, 4) is 5.75 Å². The summed E-state index contributed by atoms with van der Waals surface area (Å²) in [6.07, 6.45) is 5.97. The lowest BCUT2D eigenvalue weighted by Gasteiger charge is -2.36. The molecule has 0 aliphatic heterocycles. The van der Waals surface area contributed by atoms with Crippen molar-refractivity contribution >= 4 is 0 Å². The maximum absolute atomic E-state index is 9.69. The molecule has 1 aromatic carbocycles. The second kappa shape index (κ2) is 6.40. The molecule has 1 aromatic rings. The summed E-state index contributed by atoms with van der Waals surface area (Å²) in [6.45, 7) is 3.22. The van der Waals surface area contributed by atoms with Crippen LogP contribution in [0, 0.1) is 5.41 Å². The second-order valence-electron chi connectivity index (χ2n) is 5.92. The number of aliphatic hydroxyl groups excluding tert-OH is 1. The van der Waals surface area contributed by atoms with Crippen molar-refractivity contribution in [2.75, 3.05) is 13.2 Å². The molecule has 2 rings (SSSR count). The van der Waals surface area contributed by atoms with Gasteiger partial charge in [0.05, 0.1) is 0 Å². The summed E-state index contributed by atoms with van der Waals surface area (Å²) in [5, 5.41) is 22.7. The van der Waals surface area contributed by atoms with Crippen LogP contribution in [0.15, 0.2) is 24.3 Å². The van der Waals surface area contributed by atoms with Crippen LogP contribution in [0.25, 0.3) is 0 Å². The molecule has 0 saturated heterocycles. The second-order valence-corrected chi connectivity index (χ2v) is 5.92. The predicted molar refractivity (Wildman–Crippen MR) is 77.1 cm³/mol. The number of phenols is 1. The summed E-state index contributed by atoms with van der Waals surface area (Å²) in [7, 11) is 0. The van der Waals surface area contributed by atoms with Gasteiger partial charge in [0.1, 0.15) is 5.75 Å². The Bertz CT molecular complexity index is 399.